The van der Waals surface area contributed by atoms with Crippen molar-refractivity contribution in [2.24, 2.45) is 11.3 Å². The molecule has 0 saturated heterocycles. The molecule has 0 heterocycles. The van der Waals surface area contributed by atoms with E-state index in [1.165, 1.54) is 17.5 Å². The number of fused-ring (bicyclic) bond motifs is 2. The van der Waals surface area contributed by atoms with E-state index in [4.69, 9.17) is 4.74 Å². The highest BCUT2D eigenvalue weighted by Crippen LogP contribution is 2.73. The highest BCUT2D eigenvalue weighted by Gasteiger charge is 2.72. The number of methoxy groups -OCH3 is 1. The van der Waals surface area contributed by atoms with Gasteiger partial charge in [-0.05, 0) is 47.4 Å². The Kier molecular flexibility index (Phi) is 2.13. The van der Waals surface area contributed by atoms with Crippen LogP contribution >= 0.6 is 0 Å². The third kappa shape index (κ3) is 1.14. The molecule has 1 aromatic rings. The Hall–Kier alpha value is -1.02. The lowest BCUT2D eigenvalue weighted by atomic mass is 9.89. The van der Waals surface area contributed by atoms with E-state index < -0.39 is 0 Å². The molecule has 0 bridgehead atoms. The van der Waals surface area contributed by atoms with E-state index in [2.05, 4.69) is 26.0 Å². The summed E-state index contributed by atoms with van der Waals surface area (Å²) in [6.07, 6.45) is 2.31. The lowest BCUT2D eigenvalue weighted by Crippen LogP contribution is -2.11. The maximum absolute atomic E-state index is 9.59. The third-order valence-corrected chi connectivity index (χ3v) is 5.30. The average Bonchev–Trinajstić information content (AvgIpc) is 2.64. The van der Waals surface area contributed by atoms with Crippen molar-refractivity contribution in [1.29, 1.82) is 0 Å². The fourth-order valence-corrected chi connectivity index (χ4v) is 4.16. The molecule has 1 saturated carbocycles. The largest absolute Gasteiger partial charge is 0.497 e. The molecule has 0 radical (unpaired) electrons. The fraction of sp³-hybridized carbons (Fsp3) is 0.600. The number of aliphatic hydroxyl groups is 1. The summed E-state index contributed by atoms with van der Waals surface area (Å²) in [5.41, 5.74) is 3.28. The number of aryl methyl sites for hydroxylation is 1. The van der Waals surface area contributed by atoms with Gasteiger partial charge in [0.15, 0.2) is 0 Å². The summed E-state index contributed by atoms with van der Waals surface area (Å²) < 4.78 is 5.34. The zero-order chi connectivity index (χ0) is 12.3. The van der Waals surface area contributed by atoms with Gasteiger partial charge in [0.05, 0.1) is 7.11 Å². The van der Waals surface area contributed by atoms with Crippen LogP contribution in [0.2, 0.25) is 0 Å². The fourth-order valence-electron chi connectivity index (χ4n) is 4.16. The first kappa shape index (κ1) is 11.1. The number of rotatable bonds is 2. The highest BCUT2D eigenvalue weighted by atomic mass is 16.5. The first-order valence-electron chi connectivity index (χ1n) is 6.36. The van der Waals surface area contributed by atoms with Gasteiger partial charge in [-0.15, -0.1) is 0 Å². The van der Waals surface area contributed by atoms with E-state index in [1.54, 1.807) is 7.11 Å². The van der Waals surface area contributed by atoms with Gasteiger partial charge in [0.25, 0.3) is 0 Å². The number of hydrogen-bond acceptors (Lipinski definition) is 2. The summed E-state index contributed by atoms with van der Waals surface area (Å²) in [7, 11) is 1.71. The van der Waals surface area contributed by atoms with Crippen molar-refractivity contribution in [2.75, 3.05) is 13.7 Å². The first-order chi connectivity index (χ1) is 8.07. The van der Waals surface area contributed by atoms with Crippen LogP contribution in [0.4, 0.5) is 0 Å². The van der Waals surface area contributed by atoms with Crippen LogP contribution < -0.4 is 4.74 Å². The number of ether oxygens (including phenoxy) is 1. The van der Waals surface area contributed by atoms with Gasteiger partial charge in [-0.2, -0.15) is 0 Å². The van der Waals surface area contributed by atoms with Crippen molar-refractivity contribution in [3.05, 3.63) is 29.3 Å². The summed E-state index contributed by atoms with van der Waals surface area (Å²) in [5, 5.41) is 9.59. The van der Waals surface area contributed by atoms with Crippen molar-refractivity contribution >= 4 is 0 Å². The second-order valence-corrected chi connectivity index (χ2v) is 5.95. The molecule has 2 aliphatic carbocycles. The smallest absolute Gasteiger partial charge is 0.119 e. The molecule has 2 aliphatic rings. The average molecular weight is 232 g/mol. The molecule has 3 rings (SSSR count). The monoisotopic (exact) mass is 232 g/mol. The van der Waals surface area contributed by atoms with Gasteiger partial charge in [-0.25, -0.2) is 0 Å². The molecular weight excluding hydrogens is 212 g/mol. The van der Waals surface area contributed by atoms with E-state index in [9.17, 15) is 5.11 Å². The van der Waals surface area contributed by atoms with Crippen LogP contribution in [0.15, 0.2) is 18.2 Å². The minimum atomic E-state index is 0.200. The molecule has 1 fully saturated rings. The van der Waals surface area contributed by atoms with Crippen LogP contribution in [-0.4, -0.2) is 18.8 Å². The van der Waals surface area contributed by atoms with Gasteiger partial charge in [0.2, 0.25) is 0 Å². The number of benzene rings is 1. The predicted octanol–water partition coefficient (Wildman–Crippen LogP) is 2.53. The molecule has 1 spiro atoms. The molecule has 0 aliphatic heterocycles. The lowest BCUT2D eigenvalue weighted by Gasteiger charge is -2.15. The topological polar surface area (TPSA) is 29.5 Å². The minimum Gasteiger partial charge on any atom is -0.497 e. The van der Waals surface area contributed by atoms with E-state index in [-0.39, 0.29) is 10.8 Å². The number of hydrogen-bond donors (Lipinski definition) is 1. The molecule has 1 aromatic carbocycles. The minimum absolute atomic E-state index is 0.200. The van der Waals surface area contributed by atoms with Gasteiger partial charge in [-0.3, -0.25) is 0 Å². The Morgan fingerprint density at radius 2 is 2.18 bits per heavy atom. The van der Waals surface area contributed by atoms with Crippen LogP contribution in [0, 0.1) is 11.3 Å². The lowest BCUT2D eigenvalue weighted by molar-refractivity contribution is 0.253. The Labute approximate surface area is 103 Å². The predicted molar refractivity (Wildman–Crippen MR) is 67.3 cm³/mol. The van der Waals surface area contributed by atoms with Gasteiger partial charge >= 0.3 is 0 Å². The molecule has 0 amide bonds. The molecule has 17 heavy (non-hydrogen) atoms. The van der Waals surface area contributed by atoms with E-state index in [0.29, 0.717) is 12.5 Å². The molecule has 2 unspecified atom stereocenters. The van der Waals surface area contributed by atoms with Crippen LogP contribution in [-0.2, 0) is 11.8 Å². The van der Waals surface area contributed by atoms with E-state index >= 15 is 0 Å². The summed E-state index contributed by atoms with van der Waals surface area (Å²) in [6, 6.07) is 6.41. The zero-order valence-corrected chi connectivity index (χ0v) is 10.8. The van der Waals surface area contributed by atoms with Crippen LogP contribution in [0.5, 0.6) is 5.75 Å². The van der Waals surface area contributed by atoms with Crippen LogP contribution in [0.25, 0.3) is 0 Å². The molecule has 2 atom stereocenters. The van der Waals surface area contributed by atoms with Crippen molar-refractivity contribution in [2.45, 2.75) is 32.1 Å². The SMILES string of the molecule is COc1ccc2c(c1)C1(CC2)C(CO)C1(C)C. The maximum Gasteiger partial charge on any atom is 0.119 e. The van der Waals surface area contributed by atoms with Gasteiger partial charge < -0.3 is 9.84 Å². The third-order valence-electron chi connectivity index (χ3n) is 5.30. The van der Waals surface area contributed by atoms with Crippen molar-refractivity contribution < 1.29 is 9.84 Å². The quantitative estimate of drug-likeness (QED) is 0.849. The molecular formula is C15H20O2. The Morgan fingerprint density at radius 1 is 1.41 bits per heavy atom. The summed E-state index contributed by atoms with van der Waals surface area (Å²) in [5.74, 6) is 1.34. The summed E-state index contributed by atoms with van der Waals surface area (Å²) in [6.45, 7) is 4.86. The standard InChI is InChI=1S/C15H20O2/c1-14(2)13(9-16)15(14)7-6-10-4-5-11(17-3)8-12(10)15/h4-5,8,13,16H,6-7,9H2,1-3H3. The second-order valence-electron chi connectivity index (χ2n) is 5.95. The second kappa shape index (κ2) is 3.26. The highest BCUT2D eigenvalue weighted by molar-refractivity contribution is 5.52. The zero-order valence-electron chi connectivity index (χ0n) is 10.8. The van der Waals surface area contributed by atoms with E-state index in [0.717, 1.165) is 12.2 Å². The molecule has 92 valence electrons. The van der Waals surface area contributed by atoms with Crippen LogP contribution in [0.3, 0.4) is 0 Å². The normalized spacial score (nSPS) is 32.6. The molecule has 2 heteroatoms. The Balaban J connectivity index is 2.10. The Bertz CT molecular complexity index is 464. The Morgan fingerprint density at radius 3 is 2.76 bits per heavy atom. The summed E-state index contributed by atoms with van der Waals surface area (Å²) >= 11 is 0. The van der Waals surface area contributed by atoms with Crippen molar-refractivity contribution in [3.63, 3.8) is 0 Å². The molecule has 2 nitrogen and oxygen atoms in total. The van der Waals surface area contributed by atoms with E-state index in [1.807, 2.05) is 6.07 Å². The van der Waals surface area contributed by atoms with Gasteiger partial charge in [0, 0.05) is 12.0 Å². The van der Waals surface area contributed by atoms with Crippen LogP contribution in [0.1, 0.15) is 31.4 Å². The van der Waals surface area contributed by atoms with Crippen molar-refractivity contribution in [3.8, 4) is 5.75 Å². The maximum atomic E-state index is 9.59. The number of aliphatic hydroxyl groups excluding tert-OH is 1. The molecule has 0 aromatic heterocycles. The van der Waals surface area contributed by atoms with Gasteiger partial charge in [0.1, 0.15) is 5.75 Å². The van der Waals surface area contributed by atoms with Crippen molar-refractivity contribution in [1.82, 2.24) is 0 Å². The first-order valence-corrected chi connectivity index (χ1v) is 6.36. The molecule has 1 N–H and O–H groups in total. The van der Waals surface area contributed by atoms with Gasteiger partial charge in [-0.1, -0.05) is 19.9 Å². The summed E-state index contributed by atoms with van der Waals surface area (Å²) in [4.78, 5) is 0.